The number of likely N-dealkylation sites (tertiary alicyclic amines) is 3. The molecule has 1 amide bonds. The maximum Gasteiger partial charge on any atom is 0.209 e. The number of nitrogens with zero attached hydrogens (tertiary/aromatic N) is 3. The number of piperidine rings is 1. The molecule has 0 radical (unpaired) electrons. The zero-order valence-corrected chi connectivity index (χ0v) is 18.2. The molecule has 0 aromatic rings. The summed E-state index contributed by atoms with van der Waals surface area (Å²) in [6.07, 6.45) is 14.0. The summed E-state index contributed by atoms with van der Waals surface area (Å²) in [7, 11) is 0. The van der Waals surface area contributed by atoms with Crippen LogP contribution in [0.1, 0.15) is 78.6 Å². The van der Waals surface area contributed by atoms with Crippen LogP contribution in [0.15, 0.2) is 0 Å². The second-order valence-corrected chi connectivity index (χ2v) is 9.85. The van der Waals surface area contributed by atoms with Crippen molar-refractivity contribution in [3.05, 3.63) is 0 Å². The zero-order chi connectivity index (χ0) is 19.3. The van der Waals surface area contributed by atoms with Crippen LogP contribution in [-0.4, -0.2) is 72.5 Å². The van der Waals surface area contributed by atoms with Gasteiger partial charge in [0.15, 0.2) is 0 Å². The van der Waals surface area contributed by atoms with E-state index in [0.29, 0.717) is 5.41 Å². The van der Waals surface area contributed by atoms with E-state index in [1.165, 1.54) is 84.0 Å². The van der Waals surface area contributed by atoms with Gasteiger partial charge in [-0.1, -0.05) is 39.5 Å². The maximum absolute atomic E-state index is 10.4. The highest BCUT2D eigenvalue weighted by atomic mass is 16.1. The van der Waals surface area contributed by atoms with E-state index in [4.69, 9.17) is 0 Å². The maximum atomic E-state index is 10.4. The van der Waals surface area contributed by atoms with Gasteiger partial charge in [0.25, 0.3) is 0 Å². The third-order valence-electron chi connectivity index (χ3n) is 7.83. The monoisotopic (exact) mass is 377 g/mol. The lowest BCUT2D eigenvalue weighted by Crippen LogP contribution is -2.72. The SMILES string of the molecule is CCC(C)N1CC2(CN(C=O)C2)C1.CCC1CCN(C2CCCCC2)CC1. The number of carbonyl (C=O) groups is 1. The smallest absolute Gasteiger partial charge is 0.209 e. The Labute approximate surface area is 167 Å². The summed E-state index contributed by atoms with van der Waals surface area (Å²) in [5.74, 6) is 1.04. The van der Waals surface area contributed by atoms with E-state index in [2.05, 4.69) is 30.6 Å². The molecule has 1 spiro atoms. The van der Waals surface area contributed by atoms with Crippen LogP contribution in [0.2, 0.25) is 0 Å². The molecule has 1 atom stereocenters. The molecule has 3 aliphatic heterocycles. The molecule has 1 aliphatic carbocycles. The Bertz CT molecular complexity index is 441. The summed E-state index contributed by atoms with van der Waals surface area (Å²) in [6, 6.07) is 1.68. The van der Waals surface area contributed by atoms with Gasteiger partial charge in [0.1, 0.15) is 0 Å². The standard InChI is InChI=1S/C13H25N.C10H18N2O/c1-2-12-8-10-14(11-9-12)13-6-4-3-5-7-13;1-3-9(2)12-6-10(7-12)4-11(5-10)8-13/h12-13H,2-11H2,1H3;8-9H,3-7H2,1-2H3. The lowest BCUT2D eigenvalue weighted by atomic mass is 9.72. The van der Waals surface area contributed by atoms with Crippen LogP contribution in [0, 0.1) is 11.3 Å². The zero-order valence-electron chi connectivity index (χ0n) is 18.2. The molecule has 3 heterocycles. The average Bonchev–Trinajstić information content (AvgIpc) is 2.67. The van der Waals surface area contributed by atoms with Gasteiger partial charge in [0, 0.05) is 43.7 Å². The summed E-state index contributed by atoms with van der Waals surface area (Å²) < 4.78 is 0. The highest BCUT2D eigenvalue weighted by Crippen LogP contribution is 2.40. The van der Waals surface area contributed by atoms with Crippen LogP contribution >= 0.6 is 0 Å². The Kier molecular flexibility index (Phi) is 7.61. The van der Waals surface area contributed by atoms with Gasteiger partial charge in [-0.2, -0.15) is 0 Å². The second-order valence-electron chi connectivity index (χ2n) is 9.85. The van der Waals surface area contributed by atoms with E-state index >= 15 is 0 Å². The second kappa shape index (κ2) is 9.73. The van der Waals surface area contributed by atoms with Crippen LogP contribution in [-0.2, 0) is 4.79 Å². The predicted octanol–water partition coefficient (Wildman–Crippen LogP) is 4.00. The van der Waals surface area contributed by atoms with E-state index in [1.807, 2.05) is 4.90 Å². The molecule has 1 saturated carbocycles. The summed E-state index contributed by atoms with van der Waals surface area (Å²) in [5.41, 5.74) is 0.490. The molecule has 4 rings (SSSR count). The molecule has 0 aromatic carbocycles. The van der Waals surface area contributed by atoms with Crippen molar-refractivity contribution in [1.29, 1.82) is 0 Å². The Morgan fingerprint density at radius 1 is 0.963 bits per heavy atom. The van der Waals surface area contributed by atoms with Crippen molar-refractivity contribution in [2.75, 3.05) is 39.3 Å². The van der Waals surface area contributed by atoms with Gasteiger partial charge in [-0.3, -0.25) is 9.69 Å². The van der Waals surface area contributed by atoms with Gasteiger partial charge in [-0.05, 0) is 58.0 Å². The molecule has 4 aliphatic rings. The predicted molar refractivity (Wildman–Crippen MR) is 113 cm³/mol. The molecule has 3 saturated heterocycles. The third-order valence-corrected chi connectivity index (χ3v) is 7.83. The van der Waals surface area contributed by atoms with Gasteiger partial charge in [0.05, 0.1) is 0 Å². The van der Waals surface area contributed by atoms with Crippen molar-refractivity contribution in [1.82, 2.24) is 14.7 Å². The van der Waals surface area contributed by atoms with Crippen molar-refractivity contribution in [3.63, 3.8) is 0 Å². The number of hydrogen-bond donors (Lipinski definition) is 0. The third kappa shape index (κ3) is 5.26. The first kappa shape index (κ1) is 21.1. The minimum atomic E-state index is 0.490. The first-order valence-electron chi connectivity index (χ1n) is 11.8. The van der Waals surface area contributed by atoms with Gasteiger partial charge in [0.2, 0.25) is 6.41 Å². The summed E-state index contributed by atoms with van der Waals surface area (Å²) in [6.45, 7) is 14.0. The lowest BCUT2D eigenvalue weighted by molar-refractivity contribution is -0.150. The van der Waals surface area contributed by atoms with E-state index in [0.717, 1.165) is 37.5 Å². The normalized spacial score (nSPS) is 28.0. The van der Waals surface area contributed by atoms with Gasteiger partial charge >= 0.3 is 0 Å². The first-order chi connectivity index (χ1) is 13.1. The molecule has 0 N–H and O–H groups in total. The van der Waals surface area contributed by atoms with Gasteiger partial charge in [-0.25, -0.2) is 0 Å². The fourth-order valence-corrected chi connectivity index (χ4v) is 5.65. The lowest BCUT2D eigenvalue weighted by Gasteiger charge is -2.60. The molecule has 1 unspecified atom stereocenters. The first-order valence-corrected chi connectivity index (χ1v) is 11.8. The van der Waals surface area contributed by atoms with Crippen molar-refractivity contribution >= 4 is 6.41 Å². The molecule has 4 nitrogen and oxygen atoms in total. The number of amides is 1. The summed E-state index contributed by atoms with van der Waals surface area (Å²) >= 11 is 0. The van der Waals surface area contributed by atoms with E-state index < -0.39 is 0 Å². The highest BCUT2D eigenvalue weighted by molar-refractivity contribution is 5.49. The summed E-state index contributed by atoms with van der Waals surface area (Å²) in [5, 5.41) is 0. The van der Waals surface area contributed by atoms with Crippen molar-refractivity contribution in [3.8, 4) is 0 Å². The van der Waals surface area contributed by atoms with E-state index in [-0.39, 0.29) is 0 Å². The molecule has 4 heteroatoms. The van der Waals surface area contributed by atoms with Crippen molar-refractivity contribution in [2.24, 2.45) is 11.3 Å². The number of hydrogen-bond acceptors (Lipinski definition) is 3. The van der Waals surface area contributed by atoms with E-state index in [9.17, 15) is 4.79 Å². The van der Waals surface area contributed by atoms with Crippen LogP contribution in [0.25, 0.3) is 0 Å². The quantitative estimate of drug-likeness (QED) is 0.678. The molecule has 0 aromatic heterocycles. The minimum absolute atomic E-state index is 0.490. The molecule has 4 fully saturated rings. The Hall–Kier alpha value is -0.610. The summed E-state index contributed by atoms with van der Waals surface area (Å²) in [4.78, 5) is 17.6. The van der Waals surface area contributed by atoms with Crippen LogP contribution < -0.4 is 0 Å². The highest BCUT2D eigenvalue weighted by Gasteiger charge is 2.51. The van der Waals surface area contributed by atoms with Crippen LogP contribution in [0.3, 0.4) is 0 Å². The Morgan fingerprint density at radius 3 is 2.11 bits per heavy atom. The fourth-order valence-electron chi connectivity index (χ4n) is 5.65. The van der Waals surface area contributed by atoms with Crippen LogP contribution in [0.4, 0.5) is 0 Å². The molecule has 27 heavy (non-hydrogen) atoms. The minimum Gasteiger partial charge on any atom is -0.344 e. The van der Waals surface area contributed by atoms with E-state index in [1.54, 1.807) is 0 Å². The Balaban J connectivity index is 0.000000156. The van der Waals surface area contributed by atoms with Crippen molar-refractivity contribution in [2.45, 2.75) is 90.6 Å². The molecule has 0 bridgehead atoms. The molecule has 156 valence electrons. The topological polar surface area (TPSA) is 26.8 Å². The molecular formula is C23H43N3O. The number of carbonyl (C=O) groups excluding carboxylic acids is 1. The van der Waals surface area contributed by atoms with Crippen molar-refractivity contribution < 1.29 is 4.79 Å². The van der Waals surface area contributed by atoms with Crippen LogP contribution in [0.5, 0.6) is 0 Å². The molecular weight excluding hydrogens is 334 g/mol. The largest absolute Gasteiger partial charge is 0.344 e. The van der Waals surface area contributed by atoms with Gasteiger partial charge in [-0.15, -0.1) is 0 Å². The fraction of sp³-hybridized carbons (Fsp3) is 0.957. The Morgan fingerprint density at radius 2 is 1.59 bits per heavy atom. The number of rotatable bonds is 5. The average molecular weight is 378 g/mol. The van der Waals surface area contributed by atoms with Gasteiger partial charge < -0.3 is 9.80 Å².